The van der Waals surface area contributed by atoms with Gasteiger partial charge in [-0.3, -0.25) is 5.10 Å². The molecule has 25 heavy (non-hydrogen) atoms. The van der Waals surface area contributed by atoms with Gasteiger partial charge < -0.3 is 15.4 Å². The van der Waals surface area contributed by atoms with Crippen LogP contribution in [0, 0.1) is 0 Å². The summed E-state index contributed by atoms with van der Waals surface area (Å²) in [5, 5.41) is 14.4. The van der Waals surface area contributed by atoms with E-state index in [9.17, 15) is 0 Å². The van der Waals surface area contributed by atoms with E-state index in [0.29, 0.717) is 12.6 Å². The Morgan fingerprint density at radius 1 is 1.20 bits per heavy atom. The van der Waals surface area contributed by atoms with Gasteiger partial charge in [-0.2, -0.15) is 5.10 Å². The Kier molecular flexibility index (Phi) is 4.74. The molecule has 1 aliphatic carbocycles. The maximum absolute atomic E-state index is 5.86. The van der Waals surface area contributed by atoms with Gasteiger partial charge in [0.15, 0.2) is 0 Å². The van der Waals surface area contributed by atoms with Gasteiger partial charge in [0.25, 0.3) is 0 Å². The van der Waals surface area contributed by atoms with Crippen molar-refractivity contribution in [1.82, 2.24) is 25.5 Å². The molecular weight excluding hydrogens is 316 g/mol. The van der Waals surface area contributed by atoms with Crippen LogP contribution in [0.2, 0.25) is 0 Å². The molecule has 0 amide bonds. The van der Waals surface area contributed by atoms with Crippen molar-refractivity contribution in [3.8, 4) is 5.75 Å². The molecule has 0 bridgehead atoms. The first-order valence-electron chi connectivity index (χ1n) is 8.75. The summed E-state index contributed by atoms with van der Waals surface area (Å²) in [6.45, 7) is 1.53. The minimum atomic E-state index is 0.660. The molecule has 7 heteroatoms. The van der Waals surface area contributed by atoms with E-state index in [1.54, 1.807) is 18.7 Å². The molecule has 1 aromatic carbocycles. The first-order valence-corrected chi connectivity index (χ1v) is 8.75. The van der Waals surface area contributed by atoms with Gasteiger partial charge >= 0.3 is 0 Å². The Morgan fingerprint density at radius 2 is 2.12 bits per heavy atom. The number of H-pyrrole nitrogens is 1. The van der Waals surface area contributed by atoms with Crippen molar-refractivity contribution in [2.24, 2.45) is 0 Å². The maximum Gasteiger partial charge on any atom is 0.141 e. The first kappa shape index (κ1) is 15.8. The van der Waals surface area contributed by atoms with E-state index in [-0.39, 0.29) is 0 Å². The van der Waals surface area contributed by atoms with Crippen LogP contribution in [0.15, 0.2) is 36.9 Å². The maximum atomic E-state index is 5.86. The molecule has 130 valence electrons. The van der Waals surface area contributed by atoms with E-state index in [2.05, 4.69) is 30.8 Å². The first-order chi connectivity index (χ1) is 12.4. The van der Waals surface area contributed by atoms with E-state index in [1.807, 2.05) is 18.2 Å². The smallest absolute Gasteiger partial charge is 0.141 e. The highest BCUT2D eigenvalue weighted by Gasteiger charge is 2.13. The highest BCUT2D eigenvalue weighted by molar-refractivity contribution is 5.91. The molecule has 3 aromatic rings. The predicted molar refractivity (Wildman–Crippen MR) is 97.2 cm³/mol. The number of anilines is 2. The highest BCUT2D eigenvalue weighted by Crippen LogP contribution is 2.25. The number of benzene rings is 1. The molecule has 4 rings (SSSR count). The van der Waals surface area contributed by atoms with E-state index in [1.165, 1.54) is 25.7 Å². The van der Waals surface area contributed by atoms with Crippen LogP contribution in [0.1, 0.15) is 25.7 Å². The summed E-state index contributed by atoms with van der Waals surface area (Å²) in [6.07, 6.45) is 10.3. The number of nitrogens with zero attached hydrogens (tertiary/aromatic N) is 3. The van der Waals surface area contributed by atoms with Gasteiger partial charge in [-0.25, -0.2) is 9.97 Å². The van der Waals surface area contributed by atoms with Crippen LogP contribution >= 0.6 is 0 Å². The van der Waals surface area contributed by atoms with Crippen molar-refractivity contribution in [2.45, 2.75) is 31.7 Å². The average molecular weight is 338 g/mol. The van der Waals surface area contributed by atoms with Crippen LogP contribution in [0.5, 0.6) is 5.75 Å². The second-order valence-corrected chi connectivity index (χ2v) is 6.30. The van der Waals surface area contributed by atoms with Gasteiger partial charge in [-0.1, -0.05) is 12.8 Å². The number of hydrogen-bond acceptors (Lipinski definition) is 6. The van der Waals surface area contributed by atoms with Crippen molar-refractivity contribution in [3.05, 3.63) is 36.9 Å². The summed E-state index contributed by atoms with van der Waals surface area (Å²) in [5.74, 6) is 1.58. The summed E-state index contributed by atoms with van der Waals surface area (Å²) in [5.41, 5.74) is 1.71. The van der Waals surface area contributed by atoms with Gasteiger partial charge in [0, 0.05) is 30.2 Å². The van der Waals surface area contributed by atoms with Crippen molar-refractivity contribution in [3.63, 3.8) is 0 Å². The number of fused-ring (bicyclic) bond motifs is 1. The molecule has 0 radical (unpaired) electrons. The minimum absolute atomic E-state index is 0.660. The molecule has 0 atom stereocenters. The Bertz CT molecular complexity index is 814. The fraction of sp³-hybridized carbons (Fsp3) is 0.389. The minimum Gasteiger partial charge on any atom is -0.492 e. The second-order valence-electron chi connectivity index (χ2n) is 6.30. The van der Waals surface area contributed by atoms with Gasteiger partial charge in [0.05, 0.1) is 17.4 Å². The molecule has 2 heterocycles. The van der Waals surface area contributed by atoms with E-state index in [4.69, 9.17) is 4.74 Å². The monoisotopic (exact) mass is 338 g/mol. The number of hydrogen-bond donors (Lipinski definition) is 3. The number of nitrogens with one attached hydrogen (secondary N) is 3. The fourth-order valence-corrected chi connectivity index (χ4v) is 3.24. The molecule has 1 saturated carbocycles. The molecule has 0 aliphatic heterocycles. The van der Waals surface area contributed by atoms with Crippen LogP contribution < -0.4 is 15.4 Å². The number of aromatic amines is 1. The molecule has 1 aliphatic rings. The lowest BCUT2D eigenvalue weighted by Gasteiger charge is -2.13. The third-order valence-corrected chi connectivity index (χ3v) is 4.53. The lowest BCUT2D eigenvalue weighted by molar-refractivity contribution is 0.305. The van der Waals surface area contributed by atoms with Gasteiger partial charge in [-0.05, 0) is 25.0 Å². The zero-order chi connectivity index (χ0) is 16.9. The van der Waals surface area contributed by atoms with Crippen molar-refractivity contribution in [1.29, 1.82) is 0 Å². The molecule has 0 unspecified atom stereocenters. The molecule has 2 aromatic heterocycles. The Morgan fingerprint density at radius 3 is 2.96 bits per heavy atom. The second kappa shape index (κ2) is 7.48. The molecule has 0 spiro atoms. The molecule has 3 N–H and O–H groups in total. The number of rotatable bonds is 7. The van der Waals surface area contributed by atoms with Gasteiger partial charge in [-0.15, -0.1) is 0 Å². The lowest BCUT2D eigenvalue weighted by atomic mass is 10.2. The Balaban J connectivity index is 1.39. The highest BCUT2D eigenvalue weighted by atomic mass is 16.5. The summed E-state index contributed by atoms with van der Waals surface area (Å²) >= 11 is 0. The summed E-state index contributed by atoms with van der Waals surface area (Å²) in [7, 11) is 0. The zero-order valence-electron chi connectivity index (χ0n) is 14.0. The number of aromatic nitrogens is 4. The molecule has 7 nitrogen and oxygen atoms in total. The Labute approximate surface area is 146 Å². The summed E-state index contributed by atoms with van der Waals surface area (Å²) < 4.78 is 5.86. The van der Waals surface area contributed by atoms with E-state index < -0.39 is 0 Å². The van der Waals surface area contributed by atoms with Gasteiger partial charge in [0.2, 0.25) is 0 Å². The lowest BCUT2D eigenvalue weighted by Crippen LogP contribution is -2.30. The van der Waals surface area contributed by atoms with E-state index in [0.717, 1.165) is 34.7 Å². The molecule has 0 saturated heterocycles. The van der Waals surface area contributed by atoms with Crippen LogP contribution in [-0.4, -0.2) is 39.4 Å². The Hall–Kier alpha value is -2.67. The van der Waals surface area contributed by atoms with Crippen molar-refractivity contribution in [2.75, 3.05) is 18.5 Å². The summed E-state index contributed by atoms with van der Waals surface area (Å²) in [6, 6.07) is 6.57. The topological polar surface area (TPSA) is 87.8 Å². The van der Waals surface area contributed by atoms with Crippen LogP contribution in [0.4, 0.5) is 11.5 Å². The molecule has 1 fully saturated rings. The normalized spacial score (nSPS) is 14.9. The SMILES string of the molecule is c1nc(Nc2cn[nH]c2)c2ccc(OCCNC3CCCC3)cc2n1. The molecular formula is C18H22N6O. The van der Waals surface area contributed by atoms with Crippen LogP contribution in [0.3, 0.4) is 0 Å². The fourth-order valence-electron chi connectivity index (χ4n) is 3.24. The van der Waals surface area contributed by atoms with Crippen molar-refractivity contribution >= 4 is 22.4 Å². The largest absolute Gasteiger partial charge is 0.492 e. The summed E-state index contributed by atoms with van der Waals surface area (Å²) in [4.78, 5) is 8.67. The average Bonchev–Trinajstić information content (AvgIpc) is 3.33. The van der Waals surface area contributed by atoms with E-state index >= 15 is 0 Å². The quantitative estimate of drug-likeness (QED) is 0.574. The van der Waals surface area contributed by atoms with Gasteiger partial charge in [0.1, 0.15) is 24.5 Å². The zero-order valence-corrected chi connectivity index (χ0v) is 14.0. The third-order valence-electron chi connectivity index (χ3n) is 4.53. The van der Waals surface area contributed by atoms with Crippen LogP contribution in [-0.2, 0) is 0 Å². The predicted octanol–water partition coefficient (Wildman–Crippen LogP) is 3.01. The third kappa shape index (κ3) is 3.88. The van der Waals surface area contributed by atoms with Crippen molar-refractivity contribution < 1.29 is 4.74 Å². The standard InChI is InChI=1S/C18H22N6O/c1-2-4-13(3-1)19-7-8-25-15-5-6-16-17(9-15)20-12-21-18(16)24-14-10-22-23-11-14/h5-6,9-13,19H,1-4,7-8H2,(H,22,23)(H,20,21,24). The number of ether oxygens (including phenoxy) is 1. The van der Waals surface area contributed by atoms with Crippen LogP contribution in [0.25, 0.3) is 10.9 Å².